The molecule has 0 saturated carbocycles. The topological polar surface area (TPSA) is 52.2 Å². The molecular formula is C27H29BrN4O. The monoisotopic (exact) mass is 504 g/mol. The lowest BCUT2D eigenvalue weighted by molar-refractivity contribution is 0.675. The summed E-state index contributed by atoms with van der Waals surface area (Å²) in [5, 5.41) is 5.21. The molecule has 0 N–H and O–H groups in total. The third-order valence-corrected chi connectivity index (χ3v) is 6.57. The first kappa shape index (κ1) is 23.2. The van der Waals surface area contributed by atoms with Crippen LogP contribution in [0.5, 0.6) is 0 Å². The Kier molecular flexibility index (Phi) is 6.66. The molecule has 2 aromatic carbocycles. The zero-order chi connectivity index (χ0) is 23.7. The second-order valence-electron chi connectivity index (χ2n) is 8.56. The maximum atomic E-state index is 13.3. The summed E-state index contributed by atoms with van der Waals surface area (Å²) in [5.41, 5.74) is 7.41. The molecule has 0 aliphatic carbocycles. The summed E-state index contributed by atoms with van der Waals surface area (Å²) in [5.74, 6) is 0.691. The molecule has 33 heavy (non-hydrogen) atoms. The summed E-state index contributed by atoms with van der Waals surface area (Å²) in [6.45, 7) is 10.6. The molecule has 0 radical (unpaired) electrons. The van der Waals surface area contributed by atoms with Gasteiger partial charge in [-0.25, -0.2) is 4.98 Å². The van der Waals surface area contributed by atoms with Crippen LogP contribution in [0.15, 0.2) is 56.8 Å². The van der Waals surface area contributed by atoms with Gasteiger partial charge in [0.1, 0.15) is 5.82 Å². The molecule has 0 aliphatic heterocycles. The number of aromatic nitrogens is 3. The number of hydrogen-bond donors (Lipinski definition) is 0. The van der Waals surface area contributed by atoms with Crippen LogP contribution in [0.2, 0.25) is 0 Å². The van der Waals surface area contributed by atoms with Crippen molar-refractivity contribution in [3.63, 3.8) is 0 Å². The summed E-state index contributed by atoms with van der Waals surface area (Å²) in [6.07, 6.45) is 4.46. The van der Waals surface area contributed by atoms with E-state index in [2.05, 4.69) is 84.5 Å². The Morgan fingerprint density at radius 1 is 1.06 bits per heavy atom. The normalized spacial score (nSPS) is 11.7. The molecule has 0 bridgehead atoms. The summed E-state index contributed by atoms with van der Waals surface area (Å²) in [6, 6.07) is 14.1. The van der Waals surface area contributed by atoms with E-state index < -0.39 is 0 Å². The molecule has 6 heteroatoms. The number of aryl methyl sites for hydroxylation is 4. The predicted molar refractivity (Wildman–Crippen MR) is 140 cm³/mol. The molecule has 2 aromatic heterocycles. The minimum Gasteiger partial charge on any atom is -0.317 e. The highest BCUT2D eigenvalue weighted by molar-refractivity contribution is 9.10. The van der Waals surface area contributed by atoms with Crippen LogP contribution in [0.4, 0.5) is 0 Å². The highest BCUT2D eigenvalue weighted by atomic mass is 79.9. The highest BCUT2D eigenvalue weighted by Crippen LogP contribution is 2.25. The van der Waals surface area contributed by atoms with Gasteiger partial charge in [0, 0.05) is 27.8 Å². The van der Waals surface area contributed by atoms with Crippen molar-refractivity contribution < 1.29 is 0 Å². The smallest absolute Gasteiger partial charge is 0.282 e. The number of unbranched alkanes of at least 4 members (excludes halogenated alkanes) is 1. The fraction of sp³-hybridized carbons (Fsp3) is 0.296. The van der Waals surface area contributed by atoms with Crippen molar-refractivity contribution in [1.29, 1.82) is 0 Å². The Bertz CT molecular complexity index is 1410. The second-order valence-corrected chi connectivity index (χ2v) is 9.47. The quantitative estimate of drug-likeness (QED) is 0.285. The van der Waals surface area contributed by atoms with E-state index in [0.29, 0.717) is 23.1 Å². The average Bonchev–Trinajstić information content (AvgIpc) is 3.05. The Labute approximate surface area is 202 Å². The number of hydrogen-bond acceptors (Lipinski definition) is 3. The van der Waals surface area contributed by atoms with Gasteiger partial charge in [0.25, 0.3) is 5.56 Å². The number of benzene rings is 2. The molecule has 170 valence electrons. The van der Waals surface area contributed by atoms with Gasteiger partial charge in [-0.15, -0.1) is 0 Å². The van der Waals surface area contributed by atoms with E-state index in [1.54, 1.807) is 6.21 Å². The highest BCUT2D eigenvalue weighted by Gasteiger charge is 2.14. The SMILES string of the molecule is CCCCc1nc2ccc(Br)cc2c(=O)n1N=Cc1cc(C)n(-c2c(C)cccc2C)c1C. The molecule has 4 rings (SSSR count). The van der Waals surface area contributed by atoms with Crippen LogP contribution in [-0.4, -0.2) is 20.4 Å². The first-order chi connectivity index (χ1) is 15.8. The van der Waals surface area contributed by atoms with Gasteiger partial charge >= 0.3 is 0 Å². The minimum atomic E-state index is -0.146. The molecule has 0 unspecified atom stereocenters. The van der Waals surface area contributed by atoms with Gasteiger partial charge in [-0.1, -0.05) is 47.5 Å². The van der Waals surface area contributed by atoms with Crippen molar-refractivity contribution in [2.75, 3.05) is 0 Å². The number of rotatable bonds is 6. The van der Waals surface area contributed by atoms with E-state index >= 15 is 0 Å². The largest absolute Gasteiger partial charge is 0.317 e. The van der Waals surface area contributed by atoms with Gasteiger partial charge in [-0.3, -0.25) is 4.79 Å². The Hall–Kier alpha value is -2.99. The van der Waals surface area contributed by atoms with Gasteiger partial charge in [0.05, 0.1) is 22.8 Å². The van der Waals surface area contributed by atoms with E-state index in [0.717, 1.165) is 34.3 Å². The van der Waals surface area contributed by atoms with Crippen molar-refractivity contribution in [3.05, 3.63) is 91.2 Å². The van der Waals surface area contributed by atoms with Crippen molar-refractivity contribution in [2.24, 2.45) is 5.10 Å². The van der Waals surface area contributed by atoms with Gasteiger partial charge in [0.2, 0.25) is 0 Å². The van der Waals surface area contributed by atoms with Crippen molar-refractivity contribution in [2.45, 2.75) is 53.9 Å². The zero-order valence-corrected chi connectivity index (χ0v) is 21.4. The molecule has 0 fully saturated rings. The zero-order valence-electron chi connectivity index (χ0n) is 19.8. The van der Waals surface area contributed by atoms with Crippen LogP contribution in [0, 0.1) is 27.7 Å². The second kappa shape index (κ2) is 9.48. The number of fused-ring (bicyclic) bond motifs is 1. The maximum absolute atomic E-state index is 13.3. The standard InChI is InChI=1S/C27H29BrN4O/c1-6-7-11-25-30-24-13-12-22(28)15-23(24)27(33)32(25)29-16-21-14-19(4)31(20(21)5)26-17(2)9-8-10-18(26)3/h8-10,12-16H,6-7,11H2,1-5H3. The van der Waals surface area contributed by atoms with Gasteiger partial charge in [0.15, 0.2) is 0 Å². The van der Waals surface area contributed by atoms with Gasteiger partial charge < -0.3 is 4.57 Å². The van der Waals surface area contributed by atoms with E-state index in [9.17, 15) is 4.79 Å². The van der Waals surface area contributed by atoms with Crippen LogP contribution < -0.4 is 5.56 Å². The van der Waals surface area contributed by atoms with Crippen molar-refractivity contribution in [1.82, 2.24) is 14.2 Å². The summed E-state index contributed by atoms with van der Waals surface area (Å²) < 4.78 is 4.58. The summed E-state index contributed by atoms with van der Waals surface area (Å²) in [4.78, 5) is 18.1. The Morgan fingerprint density at radius 3 is 2.48 bits per heavy atom. The molecule has 0 aliphatic rings. The third kappa shape index (κ3) is 4.44. The fourth-order valence-corrected chi connectivity index (χ4v) is 4.71. The maximum Gasteiger partial charge on any atom is 0.282 e. The summed E-state index contributed by atoms with van der Waals surface area (Å²) >= 11 is 3.46. The molecule has 0 amide bonds. The Morgan fingerprint density at radius 2 is 1.79 bits per heavy atom. The number of nitrogens with zero attached hydrogens (tertiary/aromatic N) is 4. The molecule has 0 atom stereocenters. The van der Waals surface area contributed by atoms with Crippen LogP contribution in [-0.2, 0) is 6.42 Å². The lowest BCUT2D eigenvalue weighted by Gasteiger charge is -2.15. The van der Waals surface area contributed by atoms with Gasteiger partial charge in [-0.05, 0) is 69.5 Å². The third-order valence-electron chi connectivity index (χ3n) is 6.07. The number of halogens is 1. The lowest BCUT2D eigenvalue weighted by atomic mass is 10.1. The van der Waals surface area contributed by atoms with E-state index in [-0.39, 0.29) is 5.56 Å². The molecule has 0 spiro atoms. The molecular weight excluding hydrogens is 476 g/mol. The van der Waals surface area contributed by atoms with Gasteiger partial charge in [-0.2, -0.15) is 9.78 Å². The lowest BCUT2D eigenvalue weighted by Crippen LogP contribution is -2.22. The van der Waals surface area contributed by atoms with Crippen LogP contribution in [0.3, 0.4) is 0 Å². The molecule has 2 heterocycles. The van der Waals surface area contributed by atoms with Crippen molar-refractivity contribution >= 4 is 33.0 Å². The van der Waals surface area contributed by atoms with Crippen molar-refractivity contribution in [3.8, 4) is 5.69 Å². The molecule has 0 saturated heterocycles. The van der Waals surface area contributed by atoms with Crippen LogP contribution in [0.1, 0.15) is 53.7 Å². The van der Waals surface area contributed by atoms with E-state index in [1.807, 2.05) is 18.2 Å². The molecule has 5 nitrogen and oxygen atoms in total. The average molecular weight is 505 g/mol. The molecule has 4 aromatic rings. The first-order valence-corrected chi connectivity index (χ1v) is 12.1. The fourth-order valence-electron chi connectivity index (χ4n) is 4.35. The first-order valence-electron chi connectivity index (χ1n) is 11.3. The Balaban J connectivity index is 1.84. The van der Waals surface area contributed by atoms with E-state index in [4.69, 9.17) is 4.98 Å². The van der Waals surface area contributed by atoms with E-state index in [1.165, 1.54) is 21.5 Å². The van der Waals surface area contributed by atoms with Crippen LogP contribution in [0.25, 0.3) is 16.6 Å². The van der Waals surface area contributed by atoms with Crippen LogP contribution >= 0.6 is 15.9 Å². The predicted octanol–water partition coefficient (Wildman–Crippen LogP) is 6.41. The summed E-state index contributed by atoms with van der Waals surface area (Å²) in [7, 11) is 0. The number of para-hydroxylation sites is 1. The minimum absolute atomic E-state index is 0.146.